The monoisotopic (exact) mass is 214 g/mol. The maximum atomic E-state index is 4.57. The van der Waals surface area contributed by atoms with Crippen LogP contribution in [0.3, 0.4) is 0 Å². The second-order valence-corrected chi connectivity index (χ2v) is 4.83. The van der Waals surface area contributed by atoms with Crippen LogP contribution in [0.1, 0.15) is 36.9 Å². The van der Waals surface area contributed by atoms with Crippen LogP contribution in [0.25, 0.3) is 0 Å². The summed E-state index contributed by atoms with van der Waals surface area (Å²) in [6, 6.07) is 9.35. The molecule has 2 heteroatoms. The number of aliphatic imine (C=N–C) groups is 1. The van der Waals surface area contributed by atoms with Crippen LogP contribution < -0.4 is 0 Å². The van der Waals surface area contributed by atoms with Crippen molar-refractivity contribution in [3.63, 3.8) is 0 Å². The first-order valence-corrected chi connectivity index (χ1v) is 6.18. The molecule has 2 nitrogen and oxygen atoms in total. The molecule has 0 bridgehead atoms. The summed E-state index contributed by atoms with van der Waals surface area (Å²) in [7, 11) is 0. The third kappa shape index (κ3) is 1.67. The largest absolute Gasteiger partial charge is 0.293 e. The van der Waals surface area contributed by atoms with Crippen molar-refractivity contribution < 1.29 is 0 Å². The van der Waals surface area contributed by atoms with Crippen molar-refractivity contribution in [2.45, 2.75) is 32.4 Å². The van der Waals surface area contributed by atoms with Gasteiger partial charge < -0.3 is 0 Å². The van der Waals surface area contributed by atoms with Crippen LogP contribution >= 0.6 is 0 Å². The van der Waals surface area contributed by atoms with Crippen LogP contribution in [0.4, 0.5) is 0 Å². The van der Waals surface area contributed by atoms with Gasteiger partial charge in [0.05, 0.1) is 0 Å². The number of benzene rings is 1. The average molecular weight is 214 g/mol. The highest BCUT2D eigenvalue weighted by Crippen LogP contribution is 2.32. The van der Waals surface area contributed by atoms with Crippen molar-refractivity contribution in [3.8, 4) is 0 Å². The maximum Gasteiger partial charge on any atom is 0.0392 e. The molecule has 1 aromatic rings. The van der Waals surface area contributed by atoms with Gasteiger partial charge in [-0.15, -0.1) is 0 Å². The van der Waals surface area contributed by atoms with Crippen molar-refractivity contribution in [1.29, 1.82) is 0 Å². The molecule has 2 aliphatic heterocycles. The van der Waals surface area contributed by atoms with Crippen LogP contribution in [-0.2, 0) is 6.54 Å². The third-order valence-electron chi connectivity index (χ3n) is 3.77. The quantitative estimate of drug-likeness (QED) is 0.739. The highest BCUT2D eigenvalue weighted by molar-refractivity contribution is 5.87. The SMILES string of the molecule is CC1c2ccccc2CN1CC1=NCCC1. The fraction of sp³-hybridized carbons (Fsp3) is 0.500. The van der Waals surface area contributed by atoms with Crippen LogP contribution in [0.5, 0.6) is 0 Å². The zero-order chi connectivity index (χ0) is 11.0. The van der Waals surface area contributed by atoms with Crippen LogP contribution in [0, 0.1) is 0 Å². The topological polar surface area (TPSA) is 15.6 Å². The fourth-order valence-corrected chi connectivity index (χ4v) is 2.79. The molecule has 0 spiro atoms. The van der Waals surface area contributed by atoms with Gasteiger partial charge in [0.2, 0.25) is 0 Å². The van der Waals surface area contributed by atoms with Crippen molar-refractivity contribution in [2.24, 2.45) is 4.99 Å². The van der Waals surface area contributed by atoms with E-state index in [1.807, 2.05) is 0 Å². The molecule has 1 unspecified atom stereocenters. The molecule has 3 rings (SSSR count). The Morgan fingerprint density at radius 3 is 3.00 bits per heavy atom. The molecule has 1 atom stereocenters. The second-order valence-electron chi connectivity index (χ2n) is 4.83. The Balaban J connectivity index is 1.76. The molecule has 0 N–H and O–H groups in total. The zero-order valence-electron chi connectivity index (χ0n) is 9.82. The molecule has 2 heterocycles. The molecule has 1 aromatic carbocycles. The highest BCUT2D eigenvalue weighted by Gasteiger charge is 2.27. The molecule has 16 heavy (non-hydrogen) atoms. The van der Waals surface area contributed by atoms with Gasteiger partial charge in [0.15, 0.2) is 0 Å². The second kappa shape index (κ2) is 4.02. The van der Waals surface area contributed by atoms with Gasteiger partial charge in [0.1, 0.15) is 0 Å². The lowest BCUT2D eigenvalue weighted by atomic mass is 10.1. The van der Waals surface area contributed by atoms with Crippen LogP contribution in [-0.4, -0.2) is 23.7 Å². The van der Waals surface area contributed by atoms with E-state index in [0.29, 0.717) is 6.04 Å². The van der Waals surface area contributed by atoms with E-state index in [9.17, 15) is 0 Å². The lowest BCUT2D eigenvalue weighted by molar-refractivity contribution is 0.263. The Morgan fingerprint density at radius 2 is 2.25 bits per heavy atom. The number of rotatable bonds is 2. The predicted molar refractivity (Wildman–Crippen MR) is 66.8 cm³/mol. The molecule has 0 amide bonds. The molecular formula is C14H18N2. The maximum absolute atomic E-state index is 4.57. The zero-order valence-corrected chi connectivity index (χ0v) is 9.82. The summed E-state index contributed by atoms with van der Waals surface area (Å²) in [6.07, 6.45) is 2.46. The number of fused-ring (bicyclic) bond motifs is 1. The van der Waals surface area contributed by atoms with Crippen molar-refractivity contribution in [1.82, 2.24) is 4.90 Å². The van der Waals surface area contributed by atoms with Gasteiger partial charge in [-0.3, -0.25) is 9.89 Å². The molecule has 0 aliphatic carbocycles. The normalized spacial score (nSPS) is 24.6. The van der Waals surface area contributed by atoms with Crippen LogP contribution in [0.15, 0.2) is 29.3 Å². The molecule has 0 saturated heterocycles. The first-order valence-electron chi connectivity index (χ1n) is 6.18. The van der Waals surface area contributed by atoms with Crippen molar-refractivity contribution in [2.75, 3.05) is 13.1 Å². The predicted octanol–water partition coefficient (Wildman–Crippen LogP) is 2.80. The van der Waals surface area contributed by atoms with Gasteiger partial charge in [-0.1, -0.05) is 24.3 Å². The van der Waals surface area contributed by atoms with Gasteiger partial charge >= 0.3 is 0 Å². The number of nitrogens with zero attached hydrogens (tertiary/aromatic N) is 2. The van der Waals surface area contributed by atoms with E-state index < -0.39 is 0 Å². The number of hydrogen-bond donors (Lipinski definition) is 0. The Labute approximate surface area is 97.0 Å². The van der Waals surface area contributed by atoms with E-state index >= 15 is 0 Å². The lowest BCUT2D eigenvalue weighted by Crippen LogP contribution is -2.26. The minimum atomic E-state index is 0.555. The minimum absolute atomic E-state index is 0.555. The fourth-order valence-electron chi connectivity index (χ4n) is 2.79. The summed E-state index contributed by atoms with van der Waals surface area (Å²) in [6.45, 7) is 5.51. The lowest BCUT2D eigenvalue weighted by Gasteiger charge is -2.21. The van der Waals surface area contributed by atoms with Gasteiger partial charge in [-0.2, -0.15) is 0 Å². The summed E-state index contributed by atoms with van der Waals surface area (Å²) < 4.78 is 0. The van der Waals surface area contributed by atoms with Crippen molar-refractivity contribution in [3.05, 3.63) is 35.4 Å². The third-order valence-corrected chi connectivity index (χ3v) is 3.77. The van der Waals surface area contributed by atoms with E-state index in [-0.39, 0.29) is 0 Å². The standard InChI is InChI=1S/C14H18N2/c1-11-14-7-3-2-5-12(14)9-16(11)10-13-6-4-8-15-13/h2-3,5,7,11H,4,6,8-10H2,1H3. The smallest absolute Gasteiger partial charge is 0.0392 e. The van der Waals surface area contributed by atoms with Gasteiger partial charge in [0.25, 0.3) is 0 Å². The summed E-state index contributed by atoms with van der Waals surface area (Å²) in [4.78, 5) is 7.11. The van der Waals surface area contributed by atoms with E-state index in [2.05, 4.69) is 41.1 Å². The average Bonchev–Trinajstić information content (AvgIpc) is 2.90. The molecule has 0 radical (unpaired) electrons. The van der Waals surface area contributed by atoms with E-state index in [0.717, 1.165) is 19.6 Å². The molecule has 84 valence electrons. The molecular weight excluding hydrogens is 196 g/mol. The van der Waals surface area contributed by atoms with E-state index in [1.54, 1.807) is 0 Å². The first kappa shape index (κ1) is 10.0. The molecule has 0 fully saturated rings. The Morgan fingerprint density at radius 1 is 1.38 bits per heavy atom. The Hall–Kier alpha value is -1.15. The summed E-state index contributed by atoms with van der Waals surface area (Å²) in [5, 5.41) is 0. The van der Waals surface area contributed by atoms with E-state index in [1.165, 1.54) is 29.7 Å². The van der Waals surface area contributed by atoms with Crippen LogP contribution in [0.2, 0.25) is 0 Å². The number of hydrogen-bond acceptors (Lipinski definition) is 2. The van der Waals surface area contributed by atoms with Gasteiger partial charge in [0, 0.05) is 31.4 Å². The summed E-state index contributed by atoms with van der Waals surface area (Å²) in [5.74, 6) is 0. The minimum Gasteiger partial charge on any atom is -0.293 e. The van der Waals surface area contributed by atoms with Gasteiger partial charge in [-0.25, -0.2) is 0 Å². The highest BCUT2D eigenvalue weighted by atomic mass is 15.2. The molecule has 2 aliphatic rings. The first-order chi connectivity index (χ1) is 7.84. The summed E-state index contributed by atoms with van der Waals surface area (Å²) >= 11 is 0. The van der Waals surface area contributed by atoms with Crippen molar-refractivity contribution >= 4 is 5.71 Å². The van der Waals surface area contributed by atoms with Gasteiger partial charge in [-0.05, 0) is 30.9 Å². The Kier molecular flexibility index (Phi) is 2.52. The summed E-state index contributed by atoms with van der Waals surface area (Å²) in [5.41, 5.74) is 4.40. The Bertz CT molecular complexity index is 422. The molecule has 0 aromatic heterocycles. The van der Waals surface area contributed by atoms with E-state index in [4.69, 9.17) is 0 Å². The molecule has 0 saturated carbocycles.